The number of fused-ring (bicyclic) bond motifs is 2. The first-order valence-corrected chi connectivity index (χ1v) is 11.7. The molecule has 0 saturated carbocycles. The van der Waals surface area contributed by atoms with Crippen LogP contribution in [0.2, 0.25) is 0 Å². The third-order valence-electron chi connectivity index (χ3n) is 5.83. The van der Waals surface area contributed by atoms with Crippen molar-refractivity contribution >= 4 is 28.6 Å². The van der Waals surface area contributed by atoms with Gasteiger partial charge >= 0.3 is 11.9 Å². The van der Waals surface area contributed by atoms with Crippen molar-refractivity contribution in [2.24, 2.45) is 7.05 Å². The molecule has 0 unspecified atom stereocenters. The SMILES string of the molecule is Cn1c(=O)oc2ccc(CNC(=O)c3cc(C(=O)NCc4ccccc4OC(C)(F)F)n4nccc4n3)cc21. The zero-order valence-electron chi connectivity index (χ0n) is 20.8. The lowest BCUT2D eigenvalue weighted by molar-refractivity contribution is -0.159. The van der Waals surface area contributed by atoms with Gasteiger partial charge in [0, 0.05) is 44.8 Å². The number of benzene rings is 2. The molecule has 0 aliphatic rings. The van der Waals surface area contributed by atoms with Crippen molar-refractivity contribution in [1.29, 1.82) is 0 Å². The van der Waals surface area contributed by atoms with Crippen LogP contribution < -0.4 is 21.1 Å². The highest BCUT2D eigenvalue weighted by Crippen LogP contribution is 2.25. The number of aryl methyl sites for hydroxylation is 1. The van der Waals surface area contributed by atoms with Crippen molar-refractivity contribution in [3.05, 3.63) is 93.9 Å². The number of carbonyl (C=O) groups excluding carboxylic acids is 2. The van der Waals surface area contributed by atoms with Crippen LogP contribution in [0.1, 0.15) is 39.0 Å². The highest BCUT2D eigenvalue weighted by Gasteiger charge is 2.25. The number of hydrogen-bond acceptors (Lipinski definition) is 7. The summed E-state index contributed by atoms with van der Waals surface area (Å²) in [6, 6.07) is 14.0. The highest BCUT2D eigenvalue weighted by atomic mass is 19.3. The monoisotopic (exact) mass is 536 g/mol. The first-order valence-electron chi connectivity index (χ1n) is 11.7. The van der Waals surface area contributed by atoms with E-state index in [0.717, 1.165) is 0 Å². The fraction of sp³-hybridized carbons (Fsp3) is 0.192. The number of aromatic nitrogens is 4. The van der Waals surface area contributed by atoms with Gasteiger partial charge in [-0.15, -0.1) is 0 Å². The summed E-state index contributed by atoms with van der Waals surface area (Å²) in [4.78, 5) is 42.0. The number of alkyl halides is 2. The van der Waals surface area contributed by atoms with Crippen molar-refractivity contribution in [3.8, 4) is 5.75 Å². The van der Waals surface area contributed by atoms with Crippen LogP contribution in [0, 0.1) is 0 Å². The molecule has 0 atom stereocenters. The van der Waals surface area contributed by atoms with Crippen molar-refractivity contribution in [3.63, 3.8) is 0 Å². The third kappa shape index (κ3) is 5.46. The maximum Gasteiger partial charge on any atom is 0.419 e. The number of carbonyl (C=O) groups is 2. The second kappa shape index (κ2) is 10.0. The molecule has 5 rings (SSSR count). The Morgan fingerprint density at radius 2 is 1.82 bits per heavy atom. The number of halogens is 2. The number of rotatable bonds is 8. The first kappa shape index (κ1) is 25.6. The topological polar surface area (TPSA) is 133 Å². The third-order valence-corrected chi connectivity index (χ3v) is 5.83. The molecule has 200 valence electrons. The van der Waals surface area contributed by atoms with Crippen LogP contribution >= 0.6 is 0 Å². The van der Waals surface area contributed by atoms with Gasteiger partial charge in [-0.05, 0) is 23.8 Å². The molecule has 3 aromatic heterocycles. The summed E-state index contributed by atoms with van der Waals surface area (Å²) in [7, 11) is 1.58. The maximum absolute atomic E-state index is 13.4. The molecule has 0 aliphatic carbocycles. The Morgan fingerprint density at radius 1 is 1.05 bits per heavy atom. The lowest BCUT2D eigenvalue weighted by atomic mass is 10.2. The molecule has 0 radical (unpaired) electrons. The predicted molar refractivity (Wildman–Crippen MR) is 134 cm³/mol. The van der Waals surface area contributed by atoms with Gasteiger partial charge < -0.3 is 19.8 Å². The molecule has 0 bridgehead atoms. The quantitative estimate of drug-likeness (QED) is 0.312. The van der Waals surface area contributed by atoms with Crippen molar-refractivity contribution in [2.45, 2.75) is 26.1 Å². The highest BCUT2D eigenvalue weighted by molar-refractivity contribution is 5.98. The van der Waals surface area contributed by atoms with Crippen LogP contribution in [0.4, 0.5) is 8.78 Å². The first-order chi connectivity index (χ1) is 18.6. The summed E-state index contributed by atoms with van der Waals surface area (Å²) in [6.45, 7) is 0.635. The molecule has 0 saturated heterocycles. The van der Waals surface area contributed by atoms with Gasteiger partial charge in [-0.3, -0.25) is 14.2 Å². The fourth-order valence-electron chi connectivity index (χ4n) is 3.95. The molecular formula is C26H22F2N6O5. The van der Waals surface area contributed by atoms with Gasteiger partial charge in [0.15, 0.2) is 11.2 Å². The van der Waals surface area contributed by atoms with E-state index in [1.54, 1.807) is 43.4 Å². The Hall–Kier alpha value is -5.07. The summed E-state index contributed by atoms with van der Waals surface area (Å²) < 4.78 is 39.2. The molecule has 39 heavy (non-hydrogen) atoms. The van der Waals surface area contributed by atoms with E-state index in [-0.39, 0.29) is 35.9 Å². The Kier molecular flexibility index (Phi) is 6.56. The molecule has 13 heteroatoms. The van der Waals surface area contributed by atoms with E-state index in [2.05, 4.69) is 25.5 Å². The summed E-state index contributed by atoms with van der Waals surface area (Å²) in [5.74, 6) is -1.71. The lowest BCUT2D eigenvalue weighted by Crippen LogP contribution is -2.29. The molecule has 2 amide bonds. The minimum atomic E-state index is -3.39. The molecule has 0 spiro atoms. The number of para-hydroxylation sites is 1. The Labute approximate surface area is 219 Å². The largest absolute Gasteiger partial charge is 0.432 e. The summed E-state index contributed by atoms with van der Waals surface area (Å²) in [6.07, 6.45) is -1.96. The van der Waals surface area contributed by atoms with E-state index in [4.69, 9.17) is 4.42 Å². The van der Waals surface area contributed by atoms with Crippen LogP contribution in [0.3, 0.4) is 0 Å². The van der Waals surface area contributed by atoms with E-state index in [9.17, 15) is 23.2 Å². The van der Waals surface area contributed by atoms with Crippen LogP contribution in [-0.2, 0) is 20.1 Å². The van der Waals surface area contributed by atoms with Crippen LogP contribution in [-0.4, -0.2) is 37.1 Å². The second-order valence-corrected chi connectivity index (χ2v) is 8.74. The van der Waals surface area contributed by atoms with Gasteiger partial charge in [0.05, 0.1) is 11.7 Å². The number of hydrogen-bond donors (Lipinski definition) is 2. The zero-order chi connectivity index (χ0) is 27.7. The fourth-order valence-corrected chi connectivity index (χ4v) is 3.95. The van der Waals surface area contributed by atoms with E-state index < -0.39 is 23.7 Å². The number of amides is 2. The number of nitrogens with one attached hydrogen (secondary N) is 2. The minimum absolute atomic E-state index is 0.0178. The van der Waals surface area contributed by atoms with Crippen molar-refractivity contribution in [2.75, 3.05) is 0 Å². The molecule has 2 N–H and O–H groups in total. The lowest BCUT2D eigenvalue weighted by Gasteiger charge is -2.16. The molecular weight excluding hydrogens is 514 g/mol. The number of ether oxygens (including phenoxy) is 1. The van der Waals surface area contributed by atoms with Gasteiger partial charge in [0.2, 0.25) is 0 Å². The molecule has 2 aromatic carbocycles. The molecule has 3 heterocycles. The molecule has 11 nitrogen and oxygen atoms in total. The number of nitrogens with zero attached hydrogens (tertiary/aromatic N) is 4. The van der Waals surface area contributed by atoms with Crippen molar-refractivity contribution in [1.82, 2.24) is 29.8 Å². The number of oxazole rings is 1. The zero-order valence-corrected chi connectivity index (χ0v) is 20.8. The van der Waals surface area contributed by atoms with E-state index in [0.29, 0.717) is 29.2 Å². The van der Waals surface area contributed by atoms with Crippen LogP contribution in [0.15, 0.2) is 70.0 Å². The van der Waals surface area contributed by atoms with Crippen molar-refractivity contribution < 1.29 is 27.5 Å². The average molecular weight is 536 g/mol. The second-order valence-electron chi connectivity index (χ2n) is 8.74. The molecule has 0 fully saturated rings. The van der Waals surface area contributed by atoms with Crippen LogP contribution in [0.25, 0.3) is 16.7 Å². The summed E-state index contributed by atoms with van der Waals surface area (Å²) >= 11 is 0. The van der Waals surface area contributed by atoms with Gasteiger partial charge in [-0.1, -0.05) is 24.3 Å². The Balaban J connectivity index is 1.33. The minimum Gasteiger partial charge on any atom is -0.432 e. The van der Waals surface area contributed by atoms with E-state index in [1.165, 1.54) is 33.5 Å². The standard InChI is InChI=1S/C26H22F2N6O5/c1-26(27,28)39-20-6-4-3-5-16(20)14-30-24(36)19-12-17(32-22-9-10-31-34(19)22)23(35)29-13-15-7-8-21-18(11-15)33(2)25(37)38-21/h3-12H,13-14H2,1-2H3,(H,29,35)(H,30,36). The van der Waals surface area contributed by atoms with Gasteiger partial charge in [-0.25, -0.2) is 14.3 Å². The maximum atomic E-state index is 13.4. The summed E-state index contributed by atoms with van der Waals surface area (Å²) in [5, 5.41) is 9.49. The molecule has 0 aliphatic heterocycles. The Bertz CT molecular complexity index is 1770. The van der Waals surface area contributed by atoms with E-state index in [1.807, 2.05) is 0 Å². The van der Waals surface area contributed by atoms with Gasteiger partial charge in [0.1, 0.15) is 17.1 Å². The van der Waals surface area contributed by atoms with E-state index >= 15 is 0 Å². The normalized spacial score (nSPS) is 11.6. The smallest absolute Gasteiger partial charge is 0.419 e. The average Bonchev–Trinajstić information content (AvgIpc) is 3.49. The summed E-state index contributed by atoms with van der Waals surface area (Å²) in [5.41, 5.74) is 2.32. The van der Waals surface area contributed by atoms with Crippen LogP contribution in [0.5, 0.6) is 5.75 Å². The molecule has 5 aromatic rings. The van der Waals surface area contributed by atoms with Gasteiger partial charge in [0.25, 0.3) is 11.8 Å². The predicted octanol–water partition coefficient (Wildman–Crippen LogP) is 3.03. The van der Waals surface area contributed by atoms with Gasteiger partial charge in [-0.2, -0.15) is 13.9 Å². The Morgan fingerprint density at radius 3 is 2.62 bits per heavy atom.